The number of carbonyl (C=O) groups excluding carboxylic acids is 3. The minimum Gasteiger partial charge on any atom is -0.508 e. The van der Waals surface area contributed by atoms with Crippen molar-refractivity contribution >= 4 is 23.2 Å². The van der Waals surface area contributed by atoms with Crippen molar-refractivity contribution in [3.8, 4) is 17.0 Å². The monoisotopic (exact) mass is 449 g/mol. The third-order valence-corrected chi connectivity index (χ3v) is 6.80. The van der Waals surface area contributed by atoms with Gasteiger partial charge in [0.15, 0.2) is 11.4 Å². The summed E-state index contributed by atoms with van der Waals surface area (Å²) in [6.07, 6.45) is 1.42. The number of Topliss-reactive ketones (excluding diaryl/α,β-unsaturated/α-hetero) is 2. The highest BCUT2D eigenvalue weighted by atomic mass is 16.3. The summed E-state index contributed by atoms with van der Waals surface area (Å²) in [5, 5.41) is 51.3. The number of benzene rings is 1. The van der Waals surface area contributed by atoms with Crippen LogP contribution in [0.4, 0.5) is 0 Å². The summed E-state index contributed by atoms with van der Waals surface area (Å²) >= 11 is 0. The molecule has 3 unspecified atom stereocenters. The third-order valence-electron chi connectivity index (χ3n) is 6.80. The maximum absolute atomic E-state index is 13.5. The number of aliphatic hydroxyl groups excluding tert-OH is 2. The molecule has 3 aliphatic carbocycles. The standard InChI is InChI=1S/C23H19N3O7/c24-22(32)18-15(28)8-10-6-9-7-12-11(13-2-1-5-25-26-13)3-4-14(27)17(12)19(29)16(9)20(30)23(10,33)21(18)31/h1-5,9-10,27,29,31,33H,6-8H2,(H2,24,32). The van der Waals surface area contributed by atoms with E-state index in [2.05, 4.69) is 10.2 Å². The minimum absolute atomic E-state index is 0.0188. The molecule has 6 N–H and O–H groups in total. The van der Waals surface area contributed by atoms with Crippen molar-refractivity contribution in [3.63, 3.8) is 0 Å². The molecular formula is C23H19N3O7. The number of fused-ring (bicyclic) bond motifs is 3. The lowest BCUT2D eigenvalue weighted by atomic mass is 9.59. The van der Waals surface area contributed by atoms with Crippen molar-refractivity contribution in [2.24, 2.45) is 17.6 Å². The predicted octanol–water partition coefficient (Wildman–Crippen LogP) is 0.881. The SMILES string of the molecule is NC(=O)C1=C(O)C2(O)C(=O)C3=C(O)c4c(O)ccc(-c5cccnn5)c4CC3CC2CC1=O. The van der Waals surface area contributed by atoms with Gasteiger partial charge in [0.2, 0.25) is 5.78 Å². The van der Waals surface area contributed by atoms with E-state index in [4.69, 9.17) is 5.73 Å². The van der Waals surface area contributed by atoms with Crippen LogP contribution in [0.5, 0.6) is 5.75 Å². The van der Waals surface area contributed by atoms with Gasteiger partial charge in [0, 0.05) is 29.7 Å². The molecule has 1 aromatic heterocycles. The van der Waals surface area contributed by atoms with E-state index in [1.54, 1.807) is 18.2 Å². The first-order valence-electron chi connectivity index (χ1n) is 10.3. The lowest BCUT2D eigenvalue weighted by molar-refractivity contribution is -0.147. The normalized spacial score (nSPS) is 26.6. The van der Waals surface area contributed by atoms with Gasteiger partial charge in [0.05, 0.1) is 11.3 Å². The number of aliphatic hydroxyl groups is 3. The number of ketones is 2. The predicted molar refractivity (Wildman–Crippen MR) is 112 cm³/mol. The third kappa shape index (κ3) is 2.74. The molecule has 0 saturated heterocycles. The van der Waals surface area contributed by atoms with E-state index in [0.717, 1.165) is 0 Å². The molecule has 3 aliphatic rings. The molecule has 5 rings (SSSR count). The number of amides is 1. The number of primary amides is 1. The van der Waals surface area contributed by atoms with Crippen molar-refractivity contribution < 1.29 is 34.8 Å². The van der Waals surface area contributed by atoms with Crippen LogP contribution in [0.15, 0.2) is 47.4 Å². The average molecular weight is 449 g/mol. The summed E-state index contributed by atoms with van der Waals surface area (Å²) in [5.41, 5.74) is 3.28. The number of rotatable bonds is 2. The molecule has 10 heteroatoms. The largest absolute Gasteiger partial charge is 0.508 e. The maximum atomic E-state index is 13.5. The van der Waals surface area contributed by atoms with Crippen LogP contribution in [-0.2, 0) is 20.8 Å². The Morgan fingerprint density at radius 1 is 1.12 bits per heavy atom. The van der Waals surface area contributed by atoms with Gasteiger partial charge in [0.1, 0.15) is 22.8 Å². The van der Waals surface area contributed by atoms with Crippen LogP contribution in [0, 0.1) is 11.8 Å². The zero-order valence-corrected chi connectivity index (χ0v) is 17.1. The lowest BCUT2D eigenvalue weighted by Crippen LogP contribution is -2.58. The van der Waals surface area contributed by atoms with E-state index in [9.17, 15) is 34.8 Å². The van der Waals surface area contributed by atoms with Crippen molar-refractivity contribution in [3.05, 3.63) is 58.5 Å². The molecule has 0 aliphatic heterocycles. The van der Waals surface area contributed by atoms with Crippen molar-refractivity contribution in [2.75, 3.05) is 0 Å². The topological polar surface area (TPSA) is 184 Å². The molecule has 1 saturated carbocycles. The van der Waals surface area contributed by atoms with E-state index in [1.807, 2.05) is 0 Å². The smallest absolute Gasteiger partial charge is 0.255 e. The minimum atomic E-state index is -2.58. The molecule has 3 atom stereocenters. The molecule has 2 aromatic rings. The summed E-state index contributed by atoms with van der Waals surface area (Å²) in [6.45, 7) is 0. The van der Waals surface area contributed by atoms with E-state index < -0.39 is 52.0 Å². The lowest BCUT2D eigenvalue weighted by Gasteiger charge is -2.46. The molecule has 10 nitrogen and oxygen atoms in total. The number of nitrogens with zero attached hydrogens (tertiary/aromatic N) is 2. The Balaban J connectivity index is 1.72. The number of phenols is 1. The molecular weight excluding hydrogens is 430 g/mol. The summed E-state index contributed by atoms with van der Waals surface area (Å²) in [5.74, 6) is -6.57. The van der Waals surface area contributed by atoms with Crippen LogP contribution in [0.1, 0.15) is 24.0 Å². The van der Waals surface area contributed by atoms with E-state index in [1.165, 1.54) is 12.3 Å². The van der Waals surface area contributed by atoms with Gasteiger partial charge in [-0.2, -0.15) is 10.2 Å². The summed E-state index contributed by atoms with van der Waals surface area (Å²) < 4.78 is 0. The summed E-state index contributed by atoms with van der Waals surface area (Å²) in [6, 6.07) is 6.39. The van der Waals surface area contributed by atoms with Crippen LogP contribution in [-0.4, -0.2) is 53.7 Å². The second-order valence-corrected chi connectivity index (χ2v) is 8.50. The van der Waals surface area contributed by atoms with Gasteiger partial charge < -0.3 is 26.2 Å². The fourth-order valence-electron chi connectivity index (χ4n) is 5.31. The first kappa shape index (κ1) is 20.8. The number of aromatic nitrogens is 2. The highest BCUT2D eigenvalue weighted by molar-refractivity contribution is 6.22. The highest BCUT2D eigenvalue weighted by Crippen LogP contribution is 2.52. The molecule has 168 valence electrons. The van der Waals surface area contributed by atoms with E-state index >= 15 is 0 Å². The summed E-state index contributed by atoms with van der Waals surface area (Å²) in [4.78, 5) is 37.5. The highest BCUT2D eigenvalue weighted by Gasteiger charge is 2.60. The Kier molecular flexibility index (Phi) is 4.40. The molecule has 1 fully saturated rings. The fraction of sp³-hybridized carbons (Fsp3) is 0.261. The van der Waals surface area contributed by atoms with Crippen LogP contribution in [0.25, 0.3) is 17.0 Å². The van der Waals surface area contributed by atoms with Crippen molar-refractivity contribution in [1.29, 1.82) is 0 Å². The Morgan fingerprint density at radius 2 is 1.88 bits per heavy atom. The zero-order chi connectivity index (χ0) is 23.7. The van der Waals surface area contributed by atoms with Crippen molar-refractivity contribution in [2.45, 2.75) is 24.9 Å². The van der Waals surface area contributed by atoms with Gasteiger partial charge in [-0.15, -0.1) is 0 Å². The Hall–Kier alpha value is -4.05. The Bertz CT molecular complexity index is 1310. The molecule has 0 bridgehead atoms. The van der Waals surface area contributed by atoms with E-state index in [0.29, 0.717) is 16.8 Å². The molecule has 1 heterocycles. The van der Waals surface area contributed by atoms with Crippen LogP contribution in [0.3, 0.4) is 0 Å². The zero-order valence-electron chi connectivity index (χ0n) is 17.1. The Morgan fingerprint density at radius 3 is 2.55 bits per heavy atom. The molecule has 1 amide bonds. The molecule has 1 aromatic carbocycles. The number of aromatic hydroxyl groups is 1. The van der Waals surface area contributed by atoms with Crippen LogP contribution in [0.2, 0.25) is 0 Å². The van der Waals surface area contributed by atoms with Gasteiger partial charge in [-0.25, -0.2) is 0 Å². The van der Waals surface area contributed by atoms with Gasteiger partial charge in [0.25, 0.3) is 5.91 Å². The number of nitrogens with two attached hydrogens (primary N) is 1. The first-order valence-corrected chi connectivity index (χ1v) is 10.3. The molecule has 0 radical (unpaired) electrons. The average Bonchev–Trinajstić information content (AvgIpc) is 2.76. The molecule has 0 spiro atoms. The fourth-order valence-corrected chi connectivity index (χ4v) is 5.31. The van der Waals surface area contributed by atoms with Gasteiger partial charge >= 0.3 is 0 Å². The quantitative estimate of drug-likeness (QED) is 0.415. The first-order chi connectivity index (χ1) is 15.7. The second-order valence-electron chi connectivity index (χ2n) is 8.50. The Labute approximate surface area is 186 Å². The van der Waals surface area contributed by atoms with Crippen molar-refractivity contribution in [1.82, 2.24) is 10.2 Å². The van der Waals surface area contributed by atoms with E-state index in [-0.39, 0.29) is 36.1 Å². The maximum Gasteiger partial charge on any atom is 0.255 e. The molecule has 33 heavy (non-hydrogen) atoms. The number of carbonyl (C=O) groups is 3. The van der Waals surface area contributed by atoms with Gasteiger partial charge in [-0.3, -0.25) is 14.4 Å². The van der Waals surface area contributed by atoms with Gasteiger partial charge in [-0.1, -0.05) is 0 Å². The number of hydrogen-bond donors (Lipinski definition) is 5. The summed E-state index contributed by atoms with van der Waals surface area (Å²) in [7, 11) is 0. The number of hydrogen-bond acceptors (Lipinski definition) is 9. The second kappa shape index (κ2) is 6.97. The van der Waals surface area contributed by atoms with Gasteiger partial charge in [-0.05, 0) is 48.6 Å². The number of phenolic OH excluding ortho intramolecular Hbond substituents is 1. The van der Waals surface area contributed by atoms with Crippen LogP contribution < -0.4 is 5.73 Å². The van der Waals surface area contributed by atoms with Crippen LogP contribution >= 0.6 is 0 Å².